The van der Waals surface area contributed by atoms with Crippen LogP contribution in [0.4, 0.5) is 5.69 Å². The molecule has 0 saturated heterocycles. The van der Waals surface area contributed by atoms with Crippen LogP contribution >= 0.6 is 0 Å². The third kappa shape index (κ3) is 6.93. The number of carboxylic acid groups (broad SMARTS) is 2. The molecule has 12 heteroatoms. The Kier molecular flexibility index (Phi) is 7.87. The van der Waals surface area contributed by atoms with Crippen molar-refractivity contribution in [1.82, 2.24) is 5.32 Å². The van der Waals surface area contributed by atoms with Crippen LogP contribution in [0.3, 0.4) is 0 Å². The first-order chi connectivity index (χ1) is 16.6. The van der Waals surface area contributed by atoms with E-state index in [-0.39, 0.29) is 49.1 Å². The topological polar surface area (TPSA) is 204 Å². The molecule has 184 valence electrons. The lowest BCUT2D eigenvalue weighted by molar-refractivity contribution is -0.143. The van der Waals surface area contributed by atoms with E-state index in [0.29, 0.717) is 17.0 Å². The number of guanidine groups is 1. The summed E-state index contributed by atoms with van der Waals surface area (Å²) in [5.41, 5.74) is 12.1. The number of carboxylic acids is 2. The van der Waals surface area contributed by atoms with Crippen molar-refractivity contribution in [1.29, 1.82) is 0 Å². The zero-order valence-corrected chi connectivity index (χ0v) is 18.5. The molecule has 2 aromatic carbocycles. The van der Waals surface area contributed by atoms with Gasteiger partial charge in [0, 0.05) is 30.4 Å². The maximum Gasteiger partial charge on any atom is 0.343 e. The summed E-state index contributed by atoms with van der Waals surface area (Å²) >= 11 is 0. The highest BCUT2D eigenvalue weighted by atomic mass is 16.5. The van der Waals surface area contributed by atoms with Crippen molar-refractivity contribution in [2.75, 3.05) is 6.61 Å². The summed E-state index contributed by atoms with van der Waals surface area (Å²) in [5, 5.41) is 20.3. The van der Waals surface area contributed by atoms with Crippen LogP contribution in [0.5, 0.6) is 11.5 Å². The fourth-order valence-electron chi connectivity index (χ4n) is 3.48. The van der Waals surface area contributed by atoms with Crippen LogP contribution in [-0.4, -0.2) is 52.6 Å². The molecule has 1 aliphatic heterocycles. The van der Waals surface area contributed by atoms with Crippen LogP contribution in [0.25, 0.3) is 0 Å². The number of nitrogens with one attached hydrogen (secondary N) is 1. The number of nitrogens with two attached hydrogens (primary N) is 2. The summed E-state index contributed by atoms with van der Waals surface area (Å²) in [6, 6.07) is 9.64. The first-order valence-corrected chi connectivity index (χ1v) is 10.5. The second-order valence-electron chi connectivity index (χ2n) is 7.78. The molecule has 0 aromatic heterocycles. The van der Waals surface area contributed by atoms with Crippen molar-refractivity contribution in [2.45, 2.75) is 31.2 Å². The number of hydrogen-bond donors (Lipinski definition) is 5. The van der Waals surface area contributed by atoms with E-state index in [9.17, 15) is 24.3 Å². The molecule has 1 aliphatic rings. The van der Waals surface area contributed by atoms with Gasteiger partial charge in [0.1, 0.15) is 17.5 Å². The fraction of sp³-hybridized carbons (Fsp3) is 0.261. The number of esters is 1. The van der Waals surface area contributed by atoms with Gasteiger partial charge in [-0.15, -0.1) is 0 Å². The predicted octanol–water partition coefficient (Wildman–Crippen LogP) is 1.11. The van der Waals surface area contributed by atoms with Crippen molar-refractivity contribution in [2.24, 2.45) is 16.5 Å². The maximum atomic E-state index is 12.4. The summed E-state index contributed by atoms with van der Waals surface area (Å²) in [5.74, 6) is -3.35. The van der Waals surface area contributed by atoms with Gasteiger partial charge in [-0.2, -0.15) is 0 Å². The van der Waals surface area contributed by atoms with Crippen molar-refractivity contribution in [3.63, 3.8) is 0 Å². The molecule has 0 unspecified atom stereocenters. The summed E-state index contributed by atoms with van der Waals surface area (Å²) < 4.78 is 11.0. The molecule has 0 saturated carbocycles. The Morgan fingerprint density at radius 3 is 2.46 bits per heavy atom. The molecule has 35 heavy (non-hydrogen) atoms. The van der Waals surface area contributed by atoms with E-state index in [1.165, 1.54) is 18.2 Å². The molecule has 0 aliphatic carbocycles. The minimum Gasteiger partial charge on any atom is -0.492 e. The summed E-state index contributed by atoms with van der Waals surface area (Å²) in [7, 11) is 0. The van der Waals surface area contributed by atoms with Gasteiger partial charge in [0.05, 0.1) is 17.9 Å². The molecular formula is C23H24N4O8. The second-order valence-corrected chi connectivity index (χ2v) is 7.78. The van der Waals surface area contributed by atoms with Gasteiger partial charge in [-0.05, 0) is 36.8 Å². The Labute approximate surface area is 199 Å². The zero-order valence-electron chi connectivity index (χ0n) is 18.5. The van der Waals surface area contributed by atoms with Crippen LogP contribution in [0.1, 0.15) is 41.1 Å². The van der Waals surface area contributed by atoms with Gasteiger partial charge in [-0.3, -0.25) is 9.59 Å². The molecule has 12 nitrogen and oxygen atoms in total. The summed E-state index contributed by atoms with van der Waals surface area (Å²) in [4.78, 5) is 50.6. The van der Waals surface area contributed by atoms with E-state index in [0.717, 1.165) is 0 Å². The fourth-order valence-corrected chi connectivity index (χ4v) is 3.48. The Hall–Kier alpha value is -4.61. The summed E-state index contributed by atoms with van der Waals surface area (Å²) in [6.07, 6.45) is -0.653. The maximum absolute atomic E-state index is 12.4. The van der Waals surface area contributed by atoms with Gasteiger partial charge < -0.3 is 36.5 Å². The van der Waals surface area contributed by atoms with Gasteiger partial charge in [0.25, 0.3) is 0 Å². The van der Waals surface area contributed by atoms with E-state index in [2.05, 4.69) is 10.3 Å². The lowest BCUT2D eigenvalue weighted by atomic mass is 9.97. The van der Waals surface area contributed by atoms with E-state index in [1.807, 2.05) is 0 Å². The quantitative estimate of drug-likeness (QED) is 0.141. The highest BCUT2D eigenvalue weighted by Crippen LogP contribution is 2.38. The third-order valence-electron chi connectivity index (χ3n) is 5.15. The Morgan fingerprint density at radius 2 is 1.83 bits per heavy atom. The van der Waals surface area contributed by atoms with E-state index < -0.39 is 29.9 Å². The SMILES string of the molecule is NC(N)=Nc1ccc(C(=O)Oc2ccc3c(c2)OC[C@@H]3CC(=O)N[C@@H](CCC(=O)O)C(=O)O)cc1. The van der Waals surface area contributed by atoms with E-state index in [1.54, 1.807) is 24.3 Å². The third-order valence-corrected chi connectivity index (χ3v) is 5.15. The number of carbonyl (C=O) groups excluding carboxylic acids is 2. The van der Waals surface area contributed by atoms with Gasteiger partial charge in [0.2, 0.25) is 5.91 Å². The molecule has 2 atom stereocenters. The standard InChI is InChI=1S/C23H24N4O8/c24-23(25)26-14-3-1-12(2-4-14)22(33)35-15-5-6-16-13(11-34-18(16)10-15)9-19(28)27-17(21(31)32)7-8-20(29)30/h1-6,10,13,17H,7-9,11H2,(H,27,28)(H,29,30)(H,31,32)(H4,24,25,26)/t13-,17-/m0/s1. The van der Waals surface area contributed by atoms with Gasteiger partial charge in [0.15, 0.2) is 5.96 Å². The first-order valence-electron chi connectivity index (χ1n) is 10.5. The lowest BCUT2D eigenvalue weighted by Gasteiger charge is -2.15. The number of carbonyl (C=O) groups is 4. The van der Waals surface area contributed by atoms with Crippen LogP contribution in [-0.2, 0) is 14.4 Å². The van der Waals surface area contributed by atoms with Crippen molar-refractivity contribution < 1.29 is 38.9 Å². The minimum atomic E-state index is -1.31. The van der Waals surface area contributed by atoms with Crippen LogP contribution in [0, 0.1) is 0 Å². The molecule has 0 bridgehead atoms. The average molecular weight is 484 g/mol. The Bertz CT molecular complexity index is 1160. The van der Waals surface area contributed by atoms with Gasteiger partial charge in [-0.25, -0.2) is 14.6 Å². The normalized spacial score (nSPS) is 14.7. The molecule has 3 rings (SSSR count). The van der Waals surface area contributed by atoms with Gasteiger partial charge in [-0.1, -0.05) is 6.07 Å². The number of benzene rings is 2. The number of hydrogen-bond acceptors (Lipinski definition) is 7. The molecule has 0 radical (unpaired) electrons. The Morgan fingerprint density at radius 1 is 1.11 bits per heavy atom. The van der Waals surface area contributed by atoms with E-state index >= 15 is 0 Å². The van der Waals surface area contributed by atoms with Gasteiger partial charge >= 0.3 is 17.9 Å². The van der Waals surface area contributed by atoms with Crippen molar-refractivity contribution in [3.8, 4) is 11.5 Å². The molecule has 0 spiro atoms. The zero-order chi connectivity index (χ0) is 25.5. The lowest BCUT2D eigenvalue weighted by Crippen LogP contribution is -2.41. The van der Waals surface area contributed by atoms with Crippen molar-refractivity contribution in [3.05, 3.63) is 53.6 Å². The summed E-state index contributed by atoms with van der Waals surface area (Å²) in [6.45, 7) is 0.180. The smallest absolute Gasteiger partial charge is 0.343 e. The minimum absolute atomic E-state index is 0.0505. The molecule has 7 N–H and O–H groups in total. The molecular weight excluding hydrogens is 460 g/mol. The first kappa shape index (κ1) is 25.0. The monoisotopic (exact) mass is 484 g/mol. The van der Waals surface area contributed by atoms with E-state index in [4.69, 9.17) is 26.0 Å². The molecule has 1 amide bonds. The molecule has 1 heterocycles. The van der Waals surface area contributed by atoms with Crippen molar-refractivity contribution >= 4 is 35.5 Å². The number of amides is 1. The van der Waals surface area contributed by atoms with Crippen LogP contribution in [0.15, 0.2) is 47.5 Å². The number of aliphatic carboxylic acids is 2. The number of nitrogens with zero attached hydrogens (tertiary/aromatic N) is 1. The van der Waals surface area contributed by atoms with Crippen LogP contribution < -0.4 is 26.3 Å². The highest BCUT2D eigenvalue weighted by molar-refractivity contribution is 5.91. The molecule has 2 aromatic rings. The predicted molar refractivity (Wildman–Crippen MR) is 123 cm³/mol. The number of ether oxygens (including phenoxy) is 2. The molecule has 0 fully saturated rings. The number of rotatable bonds is 10. The Balaban J connectivity index is 1.60. The highest BCUT2D eigenvalue weighted by Gasteiger charge is 2.29. The second kappa shape index (κ2) is 11.0. The van der Waals surface area contributed by atoms with Crippen LogP contribution in [0.2, 0.25) is 0 Å². The number of fused-ring (bicyclic) bond motifs is 1. The largest absolute Gasteiger partial charge is 0.492 e. The average Bonchev–Trinajstić information content (AvgIpc) is 3.18. The number of aliphatic imine (C=N–C) groups is 1.